The maximum absolute atomic E-state index is 12.1. The van der Waals surface area contributed by atoms with Gasteiger partial charge in [-0.05, 0) is 37.1 Å². The van der Waals surface area contributed by atoms with E-state index in [9.17, 15) is 4.79 Å². The van der Waals surface area contributed by atoms with E-state index in [1.807, 2.05) is 31.2 Å². The quantitative estimate of drug-likeness (QED) is 0.565. The molecular weight excluding hydrogens is 278 g/mol. The standard InChI is InChI=1S/C15H22ClNOS/c1-3-5-6-11-17-15(18)14(4-2)19-13-9-7-12(16)8-10-13/h7-10,14H,3-6,11H2,1-2H3,(H,17,18). The molecule has 2 nitrogen and oxygen atoms in total. The molecule has 1 amide bonds. The first-order valence-electron chi connectivity index (χ1n) is 6.87. The second-order valence-corrected chi connectivity index (χ2v) is 6.18. The minimum atomic E-state index is -0.0252. The minimum absolute atomic E-state index is 0.0252. The van der Waals surface area contributed by atoms with Crippen LogP contribution in [-0.4, -0.2) is 17.7 Å². The zero-order chi connectivity index (χ0) is 14.1. The molecule has 1 aromatic carbocycles. The fraction of sp³-hybridized carbons (Fsp3) is 0.533. The lowest BCUT2D eigenvalue weighted by Gasteiger charge is -2.14. The van der Waals surface area contributed by atoms with Gasteiger partial charge in [0, 0.05) is 16.5 Å². The molecule has 106 valence electrons. The van der Waals surface area contributed by atoms with Crippen LogP contribution in [0.15, 0.2) is 29.2 Å². The summed E-state index contributed by atoms with van der Waals surface area (Å²) in [6, 6.07) is 7.63. The van der Waals surface area contributed by atoms with Gasteiger partial charge in [0.1, 0.15) is 0 Å². The Kier molecular flexibility index (Phi) is 7.99. The molecule has 0 spiro atoms. The maximum atomic E-state index is 12.1. The Morgan fingerprint density at radius 3 is 2.53 bits per heavy atom. The molecule has 0 fully saturated rings. The molecule has 0 aliphatic rings. The van der Waals surface area contributed by atoms with Crippen LogP contribution in [0.1, 0.15) is 39.5 Å². The van der Waals surface area contributed by atoms with Crippen LogP contribution in [0.2, 0.25) is 5.02 Å². The Bertz CT molecular complexity index is 380. The van der Waals surface area contributed by atoms with Crippen molar-refractivity contribution < 1.29 is 4.79 Å². The van der Waals surface area contributed by atoms with Gasteiger partial charge in [0.2, 0.25) is 5.91 Å². The fourth-order valence-corrected chi connectivity index (χ4v) is 2.80. The molecule has 4 heteroatoms. The number of hydrogen-bond acceptors (Lipinski definition) is 2. The van der Waals surface area contributed by atoms with Crippen LogP contribution < -0.4 is 5.32 Å². The van der Waals surface area contributed by atoms with E-state index in [0.717, 1.165) is 29.3 Å². The molecule has 1 unspecified atom stereocenters. The van der Waals surface area contributed by atoms with E-state index in [-0.39, 0.29) is 11.2 Å². The first-order chi connectivity index (χ1) is 9.17. The summed E-state index contributed by atoms with van der Waals surface area (Å²) in [7, 11) is 0. The van der Waals surface area contributed by atoms with Gasteiger partial charge in [0.05, 0.1) is 5.25 Å². The smallest absolute Gasteiger partial charge is 0.233 e. The van der Waals surface area contributed by atoms with Gasteiger partial charge < -0.3 is 5.32 Å². The van der Waals surface area contributed by atoms with Crippen molar-refractivity contribution in [3.05, 3.63) is 29.3 Å². The van der Waals surface area contributed by atoms with Gasteiger partial charge in [-0.25, -0.2) is 0 Å². The summed E-state index contributed by atoms with van der Waals surface area (Å²) >= 11 is 7.45. The molecule has 0 bridgehead atoms. The molecule has 0 radical (unpaired) electrons. The average Bonchev–Trinajstić information content (AvgIpc) is 2.42. The summed E-state index contributed by atoms with van der Waals surface area (Å²) in [5.74, 6) is 0.138. The molecule has 1 N–H and O–H groups in total. The van der Waals surface area contributed by atoms with Crippen molar-refractivity contribution in [1.82, 2.24) is 5.32 Å². The fourth-order valence-electron chi connectivity index (χ4n) is 1.70. The van der Waals surface area contributed by atoms with Crippen LogP contribution in [0.5, 0.6) is 0 Å². The van der Waals surface area contributed by atoms with E-state index in [4.69, 9.17) is 11.6 Å². The number of carbonyl (C=O) groups is 1. The largest absolute Gasteiger partial charge is 0.355 e. The van der Waals surface area contributed by atoms with Gasteiger partial charge in [-0.15, -0.1) is 11.8 Å². The Labute approximate surface area is 125 Å². The third-order valence-corrected chi connectivity index (χ3v) is 4.46. The topological polar surface area (TPSA) is 29.1 Å². The number of amides is 1. The molecule has 0 aliphatic heterocycles. The lowest BCUT2D eigenvalue weighted by atomic mass is 10.2. The molecule has 1 atom stereocenters. The average molecular weight is 300 g/mol. The van der Waals surface area contributed by atoms with Gasteiger partial charge in [0.15, 0.2) is 0 Å². The van der Waals surface area contributed by atoms with Crippen molar-refractivity contribution in [2.45, 2.75) is 49.7 Å². The van der Waals surface area contributed by atoms with Crippen molar-refractivity contribution >= 4 is 29.3 Å². The van der Waals surface area contributed by atoms with Gasteiger partial charge in [-0.1, -0.05) is 38.3 Å². The molecule has 1 aromatic rings. The van der Waals surface area contributed by atoms with Crippen molar-refractivity contribution in [2.24, 2.45) is 0 Å². The summed E-state index contributed by atoms with van der Waals surface area (Å²) in [6.07, 6.45) is 4.23. The molecule has 1 rings (SSSR count). The summed E-state index contributed by atoms with van der Waals surface area (Å²) in [5, 5.41) is 3.71. The van der Waals surface area contributed by atoms with Crippen LogP contribution in [-0.2, 0) is 4.79 Å². The van der Waals surface area contributed by atoms with E-state index in [0.29, 0.717) is 0 Å². The number of thioether (sulfide) groups is 1. The predicted molar refractivity (Wildman–Crippen MR) is 83.9 cm³/mol. The van der Waals surface area contributed by atoms with E-state index >= 15 is 0 Å². The van der Waals surface area contributed by atoms with Gasteiger partial charge >= 0.3 is 0 Å². The highest BCUT2D eigenvalue weighted by Gasteiger charge is 2.17. The van der Waals surface area contributed by atoms with Gasteiger partial charge in [0.25, 0.3) is 0 Å². The van der Waals surface area contributed by atoms with Crippen LogP contribution in [0.4, 0.5) is 0 Å². The Morgan fingerprint density at radius 1 is 1.26 bits per heavy atom. The number of nitrogens with one attached hydrogen (secondary N) is 1. The maximum Gasteiger partial charge on any atom is 0.233 e. The van der Waals surface area contributed by atoms with Crippen molar-refractivity contribution in [2.75, 3.05) is 6.54 Å². The number of halogens is 1. The summed E-state index contributed by atoms with van der Waals surface area (Å²) in [5.41, 5.74) is 0. The highest BCUT2D eigenvalue weighted by Crippen LogP contribution is 2.26. The van der Waals surface area contributed by atoms with Crippen LogP contribution in [0, 0.1) is 0 Å². The third kappa shape index (κ3) is 6.35. The lowest BCUT2D eigenvalue weighted by molar-refractivity contribution is -0.120. The number of hydrogen-bond donors (Lipinski definition) is 1. The van der Waals surface area contributed by atoms with Gasteiger partial charge in [-0.3, -0.25) is 4.79 Å². The van der Waals surface area contributed by atoms with Crippen LogP contribution in [0.3, 0.4) is 0 Å². The van der Waals surface area contributed by atoms with E-state index in [1.165, 1.54) is 12.8 Å². The van der Waals surface area contributed by atoms with E-state index in [2.05, 4.69) is 12.2 Å². The summed E-state index contributed by atoms with van der Waals surface area (Å²) < 4.78 is 0. The van der Waals surface area contributed by atoms with E-state index in [1.54, 1.807) is 11.8 Å². The lowest BCUT2D eigenvalue weighted by Crippen LogP contribution is -2.32. The monoisotopic (exact) mass is 299 g/mol. The molecule has 19 heavy (non-hydrogen) atoms. The number of benzene rings is 1. The highest BCUT2D eigenvalue weighted by molar-refractivity contribution is 8.00. The number of rotatable bonds is 8. The first kappa shape index (κ1) is 16.4. The van der Waals surface area contributed by atoms with Crippen LogP contribution >= 0.6 is 23.4 Å². The second kappa shape index (κ2) is 9.27. The molecule has 0 aromatic heterocycles. The Morgan fingerprint density at radius 2 is 1.95 bits per heavy atom. The second-order valence-electron chi connectivity index (χ2n) is 4.47. The zero-order valence-corrected chi connectivity index (χ0v) is 13.2. The molecule has 0 heterocycles. The minimum Gasteiger partial charge on any atom is -0.355 e. The zero-order valence-electron chi connectivity index (χ0n) is 11.6. The van der Waals surface area contributed by atoms with Crippen molar-refractivity contribution in [3.8, 4) is 0 Å². The van der Waals surface area contributed by atoms with Gasteiger partial charge in [-0.2, -0.15) is 0 Å². The summed E-state index contributed by atoms with van der Waals surface area (Å²) in [6.45, 7) is 4.98. The molecule has 0 saturated heterocycles. The molecule has 0 aliphatic carbocycles. The predicted octanol–water partition coefficient (Wildman–Crippen LogP) is 4.52. The Balaban J connectivity index is 2.43. The highest BCUT2D eigenvalue weighted by atomic mass is 35.5. The normalized spacial score (nSPS) is 12.2. The molecular formula is C15H22ClNOS. The number of unbranched alkanes of at least 4 members (excludes halogenated alkanes) is 2. The third-order valence-electron chi connectivity index (χ3n) is 2.83. The SMILES string of the molecule is CCCCCNC(=O)C(CC)Sc1ccc(Cl)cc1. The Hall–Kier alpha value is -0.670. The van der Waals surface area contributed by atoms with Crippen molar-refractivity contribution in [1.29, 1.82) is 0 Å². The van der Waals surface area contributed by atoms with Crippen molar-refractivity contribution in [3.63, 3.8) is 0 Å². The summed E-state index contributed by atoms with van der Waals surface area (Å²) in [4.78, 5) is 13.1. The van der Waals surface area contributed by atoms with E-state index < -0.39 is 0 Å². The first-order valence-corrected chi connectivity index (χ1v) is 8.13. The van der Waals surface area contributed by atoms with Crippen LogP contribution in [0.25, 0.3) is 0 Å². The molecule has 0 saturated carbocycles. The number of carbonyl (C=O) groups excluding carboxylic acids is 1.